The molecule has 1 saturated heterocycles. The Bertz CT molecular complexity index is 1170. The maximum Gasteiger partial charge on any atom is 0.157 e. The number of aryl methyl sites for hydroxylation is 4. The van der Waals surface area contributed by atoms with Crippen LogP contribution in [0.5, 0.6) is 5.75 Å². The molecule has 0 spiro atoms. The molecule has 5 nitrogen and oxygen atoms in total. The first kappa shape index (κ1) is 23.9. The van der Waals surface area contributed by atoms with Crippen molar-refractivity contribution in [2.75, 3.05) is 13.1 Å². The number of nitrogens with zero attached hydrogens (tertiary/aromatic N) is 3. The summed E-state index contributed by atoms with van der Waals surface area (Å²) in [4.78, 5) is 5.02. The Kier molecular flexibility index (Phi) is 7.78. The normalized spacial score (nSPS) is 14.5. The molecule has 1 aliphatic rings. The molecule has 7 heteroatoms. The van der Waals surface area contributed by atoms with Gasteiger partial charge in [0.15, 0.2) is 5.82 Å². The summed E-state index contributed by atoms with van der Waals surface area (Å²) in [5.41, 5.74) is 4.98. The Morgan fingerprint density at radius 3 is 2.64 bits per heavy atom. The molecule has 0 aliphatic carbocycles. The number of rotatable bonds is 8. The first-order valence-corrected chi connectivity index (χ1v) is 12.6. The van der Waals surface area contributed by atoms with Crippen LogP contribution in [0, 0.1) is 0 Å². The van der Waals surface area contributed by atoms with Crippen molar-refractivity contribution in [2.45, 2.75) is 51.7 Å². The molecule has 176 valence electrons. The minimum absolute atomic E-state index is 0. The van der Waals surface area contributed by atoms with E-state index >= 15 is 0 Å². The second kappa shape index (κ2) is 10.8. The Morgan fingerprint density at radius 2 is 1.91 bits per heavy atom. The third-order valence-corrected chi connectivity index (χ3v) is 7.23. The minimum Gasteiger partial charge on any atom is -0.490 e. The molecule has 0 unspecified atom stereocenters. The fourth-order valence-corrected chi connectivity index (χ4v) is 5.43. The molecular weight excluding hydrogens is 452 g/mol. The second-order valence-corrected chi connectivity index (χ2v) is 9.67. The summed E-state index contributed by atoms with van der Waals surface area (Å²) >= 11 is 1.79. The van der Waals surface area contributed by atoms with E-state index in [1.54, 1.807) is 11.3 Å². The number of halogens is 1. The van der Waals surface area contributed by atoms with Crippen molar-refractivity contribution in [1.82, 2.24) is 19.4 Å². The fourth-order valence-electron chi connectivity index (χ4n) is 4.58. The van der Waals surface area contributed by atoms with Crippen molar-refractivity contribution < 1.29 is 4.74 Å². The van der Waals surface area contributed by atoms with Crippen molar-refractivity contribution in [3.63, 3.8) is 0 Å². The Morgan fingerprint density at radius 1 is 1.12 bits per heavy atom. The van der Waals surface area contributed by atoms with Crippen LogP contribution in [-0.4, -0.2) is 33.3 Å². The number of hydrogen-bond acceptors (Lipinski definition) is 4. The average molecular weight is 485 g/mol. The summed E-state index contributed by atoms with van der Waals surface area (Å²) < 4.78 is 12.1. The number of ether oxygens (including phenoxy) is 1. The van der Waals surface area contributed by atoms with Gasteiger partial charge in [-0.2, -0.15) is 0 Å². The Labute approximate surface area is 206 Å². The molecule has 0 amide bonds. The molecule has 0 saturated carbocycles. The number of aromatic nitrogens is 3. The Balaban J connectivity index is 0.00000259. The van der Waals surface area contributed by atoms with Gasteiger partial charge in [-0.3, -0.25) is 0 Å². The van der Waals surface area contributed by atoms with Gasteiger partial charge in [-0.25, -0.2) is 4.98 Å². The molecule has 0 bridgehead atoms. The zero-order chi connectivity index (χ0) is 21.9. The van der Waals surface area contributed by atoms with Crippen LogP contribution in [0.1, 0.15) is 37.4 Å². The molecule has 5 rings (SSSR count). The summed E-state index contributed by atoms with van der Waals surface area (Å²) in [6.07, 6.45) is 7.85. The van der Waals surface area contributed by atoms with Crippen molar-refractivity contribution in [2.24, 2.45) is 7.05 Å². The highest BCUT2D eigenvalue weighted by atomic mass is 35.5. The predicted molar refractivity (Wildman–Crippen MR) is 140 cm³/mol. The summed E-state index contributed by atoms with van der Waals surface area (Å²) in [6.45, 7) is 5.23. The third kappa shape index (κ3) is 5.29. The zero-order valence-corrected chi connectivity index (χ0v) is 21.1. The molecule has 1 aromatic carbocycles. The molecule has 1 fully saturated rings. The van der Waals surface area contributed by atoms with E-state index in [0.717, 1.165) is 63.3 Å². The van der Waals surface area contributed by atoms with Gasteiger partial charge in [-0.05, 0) is 74.0 Å². The van der Waals surface area contributed by atoms with E-state index in [-0.39, 0.29) is 12.4 Å². The first-order valence-electron chi connectivity index (χ1n) is 11.8. The van der Waals surface area contributed by atoms with Crippen LogP contribution in [0.25, 0.3) is 21.7 Å². The Hall–Kier alpha value is -2.28. The predicted octanol–water partition coefficient (Wildman–Crippen LogP) is 5.85. The SMILES string of the molecule is CCCc1cn(CCc2ccc(OC3CCNCC3)cc2)c(-c2cc3sccc3n2C)n1.Cl. The van der Waals surface area contributed by atoms with E-state index in [1.165, 1.54) is 27.2 Å². The number of piperidine rings is 1. The molecule has 1 aliphatic heterocycles. The van der Waals surface area contributed by atoms with Gasteiger partial charge in [-0.15, -0.1) is 23.7 Å². The number of imidazole rings is 1. The number of fused-ring (bicyclic) bond motifs is 1. The van der Waals surface area contributed by atoms with Crippen molar-refractivity contribution >= 4 is 34.0 Å². The van der Waals surface area contributed by atoms with Gasteiger partial charge in [0.25, 0.3) is 0 Å². The van der Waals surface area contributed by atoms with E-state index in [4.69, 9.17) is 9.72 Å². The first-order chi connectivity index (χ1) is 15.7. The standard InChI is InChI=1S/C26H32N4OS.ClH/c1-3-4-20-18-30(26(28-20)24-17-25-23(29(24)2)12-16-32-25)15-11-19-5-7-21(8-6-19)31-22-9-13-27-14-10-22;/h5-8,12,16-18,22,27H,3-4,9-11,13-15H2,1-2H3;1H. The summed E-state index contributed by atoms with van der Waals surface area (Å²) in [7, 11) is 2.14. The maximum absolute atomic E-state index is 6.16. The summed E-state index contributed by atoms with van der Waals surface area (Å²) in [5, 5.41) is 5.54. The van der Waals surface area contributed by atoms with Crippen LogP contribution >= 0.6 is 23.7 Å². The number of nitrogens with one attached hydrogen (secondary N) is 1. The lowest BCUT2D eigenvalue weighted by molar-refractivity contribution is 0.162. The van der Waals surface area contributed by atoms with Crippen LogP contribution in [0.4, 0.5) is 0 Å². The number of benzene rings is 1. The van der Waals surface area contributed by atoms with Crippen LogP contribution in [0.2, 0.25) is 0 Å². The molecule has 4 aromatic rings. The smallest absolute Gasteiger partial charge is 0.157 e. The van der Waals surface area contributed by atoms with Crippen molar-refractivity contribution in [3.05, 3.63) is 59.2 Å². The van der Waals surface area contributed by atoms with E-state index in [0.29, 0.717) is 6.10 Å². The summed E-state index contributed by atoms with van der Waals surface area (Å²) in [5.74, 6) is 2.06. The maximum atomic E-state index is 6.16. The van der Waals surface area contributed by atoms with Crippen molar-refractivity contribution in [3.8, 4) is 17.3 Å². The highest BCUT2D eigenvalue weighted by molar-refractivity contribution is 7.17. The third-order valence-electron chi connectivity index (χ3n) is 6.38. The van der Waals surface area contributed by atoms with E-state index in [2.05, 4.69) is 76.4 Å². The highest BCUT2D eigenvalue weighted by Gasteiger charge is 2.17. The highest BCUT2D eigenvalue weighted by Crippen LogP contribution is 2.30. The molecular formula is C26H33ClN4OS. The van der Waals surface area contributed by atoms with E-state index < -0.39 is 0 Å². The molecule has 4 heterocycles. The number of thiophene rings is 1. The fraction of sp³-hybridized carbons (Fsp3) is 0.423. The number of hydrogen-bond donors (Lipinski definition) is 1. The van der Waals surface area contributed by atoms with Gasteiger partial charge in [0.1, 0.15) is 11.9 Å². The van der Waals surface area contributed by atoms with Crippen LogP contribution in [0.15, 0.2) is 48.0 Å². The topological polar surface area (TPSA) is 44.0 Å². The monoisotopic (exact) mass is 484 g/mol. The second-order valence-electron chi connectivity index (χ2n) is 8.72. The van der Waals surface area contributed by atoms with E-state index in [1.807, 2.05) is 0 Å². The van der Waals surface area contributed by atoms with Crippen LogP contribution in [-0.2, 0) is 26.4 Å². The lowest BCUT2D eigenvalue weighted by Gasteiger charge is -2.23. The van der Waals surface area contributed by atoms with Gasteiger partial charge in [0.05, 0.1) is 21.6 Å². The minimum atomic E-state index is 0. The zero-order valence-electron chi connectivity index (χ0n) is 19.4. The van der Waals surface area contributed by atoms with Gasteiger partial charge >= 0.3 is 0 Å². The molecule has 0 radical (unpaired) electrons. The van der Waals surface area contributed by atoms with Gasteiger partial charge in [0.2, 0.25) is 0 Å². The molecule has 1 N–H and O–H groups in total. The average Bonchev–Trinajstić information content (AvgIpc) is 3.51. The van der Waals surface area contributed by atoms with Crippen LogP contribution < -0.4 is 10.1 Å². The largest absolute Gasteiger partial charge is 0.490 e. The lowest BCUT2D eigenvalue weighted by atomic mass is 10.1. The van der Waals surface area contributed by atoms with Gasteiger partial charge in [-0.1, -0.05) is 25.5 Å². The van der Waals surface area contributed by atoms with E-state index in [9.17, 15) is 0 Å². The quantitative estimate of drug-likeness (QED) is 0.341. The lowest BCUT2D eigenvalue weighted by Crippen LogP contribution is -2.34. The van der Waals surface area contributed by atoms with Crippen molar-refractivity contribution in [1.29, 1.82) is 0 Å². The molecule has 3 aromatic heterocycles. The summed E-state index contributed by atoms with van der Waals surface area (Å²) in [6, 6.07) is 13.1. The van der Waals surface area contributed by atoms with Gasteiger partial charge < -0.3 is 19.2 Å². The molecule has 33 heavy (non-hydrogen) atoms. The van der Waals surface area contributed by atoms with Crippen LogP contribution in [0.3, 0.4) is 0 Å². The molecule has 0 atom stereocenters. The van der Waals surface area contributed by atoms with Gasteiger partial charge in [0, 0.05) is 19.8 Å².